The normalized spacial score (nSPS) is 16.3. The zero-order valence-corrected chi connectivity index (χ0v) is 18.2. The molecule has 2 aromatic carbocycles. The number of ether oxygens (including phenoxy) is 1. The molecule has 0 radical (unpaired) electrons. The molecule has 0 saturated heterocycles. The summed E-state index contributed by atoms with van der Waals surface area (Å²) < 4.78 is 7.10. The summed E-state index contributed by atoms with van der Waals surface area (Å²) in [4.78, 5) is 0. The van der Waals surface area contributed by atoms with E-state index in [-0.39, 0.29) is 11.2 Å². The maximum Gasteiger partial charge on any atom is 0.0915 e. The van der Waals surface area contributed by atoms with Gasteiger partial charge in [-0.15, -0.1) is 0 Å². The van der Waals surface area contributed by atoms with Gasteiger partial charge in [0, 0.05) is 0 Å². The molecule has 0 aliphatic rings. The topological polar surface area (TPSA) is 9.23 Å². The third-order valence-electron chi connectivity index (χ3n) is 5.62. The van der Waals surface area contributed by atoms with Crippen LogP contribution in [0.5, 0.6) is 0 Å². The van der Waals surface area contributed by atoms with Crippen LogP contribution in [0.15, 0.2) is 60.7 Å². The van der Waals surface area contributed by atoms with Crippen LogP contribution in [-0.2, 0) is 15.9 Å². The molecule has 1 heteroatoms. The van der Waals surface area contributed by atoms with Gasteiger partial charge in [0.05, 0.1) is 11.2 Å². The minimum absolute atomic E-state index is 0.299. The molecule has 0 N–H and O–H groups in total. The fourth-order valence-corrected chi connectivity index (χ4v) is 3.72. The molecule has 2 unspecified atom stereocenters. The Morgan fingerprint density at radius 1 is 0.630 bits per heavy atom. The van der Waals surface area contributed by atoms with Gasteiger partial charge < -0.3 is 4.74 Å². The van der Waals surface area contributed by atoms with Gasteiger partial charge in [0.25, 0.3) is 0 Å². The van der Waals surface area contributed by atoms with Crippen LogP contribution in [0.2, 0.25) is 0 Å². The molecule has 0 bridgehead atoms. The van der Waals surface area contributed by atoms with Crippen molar-refractivity contribution < 1.29 is 4.74 Å². The molecular formula is C26H38O. The molecule has 0 saturated carbocycles. The molecule has 2 aromatic rings. The van der Waals surface area contributed by atoms with Gasteiger partial charge in [-0.1, -0.05) is 88.4 Å². The van der Waals surface area contributed by atoms with Gasteiger partial charge in [-0.3, -0.25) is 0 Å². The summed E-state index contributed by atoms with van der Waals surface area (Å²) in [7, 11) is 0. The minimum atomic E-state index is -0.299. The highest BCUT2D eigenvalue weighted by atomic mass is 16.5. The first kappa shape index (κ1) is 21.7. The minimum Gasteiger partial charge on any atom is -0.360 e. The number of rotatable bonds is 10. The van der Waals surface area contributed by atoms with E-state index >= 15 is 0 Å². The summed E-state index contributed by atoms with van der Waals surface area (Å²) in [6, 6.07) is 21.5. The van der Waals surface area contributed by atoms with Crippen molar-refractivity contribution in [2.45, 2.75) is 78.4 Å². The summed E-state index contributed by atoms with van der Waals surface area (Å²) in [6.07, 6.45) is 4.36. The van der Waals surface area contributed by atoms with Crippen LogP contribution in [0.25, 0.3) is 0 Å². The number of hydrogen-bond acceptors (Lipinski definition) is 1. The van der Waals surface area contributed by atoms with E-state index in [9.17, 15) is 0 Å². The summed E-state index contributed by atoms with van der Waals surface area (Å²) >= 11 is 0. The Kier molecular flexibility index (Phi) is 7.68. The third-order valence-corrected chi connectivity index (χ3v) is 5.62. The van der Waals surface area contributed by atoms with Crippen molar-refractivity contribution in [2.75, 3.05) is 0 Å². The van der Waals surface area contributed by atoms with Gasteiger partial charge in [-0.2, -0.15) is 0 Å². The van der Waals surface area contributed by atoms with Crippen molar-refractivity contribution >= 4 is 0 Å². The first-order chi connectivity index (χ1) is 12.8. The first-order valence-corrected chi connectivity index (χ1v) is 10.6. The van der Waals surface area contributed by atoms with E-state index in [1.165, 1.54) is 11.1 Å². The lowest BCUT2D eigenvalue weighted by atomic mass is 9.83. The predicted octanol–water partition coefficient (Wildman–Crippen LogP) is 7.71. The second-order valence-corrected chi connectivity index (χ2v) is 9.16. The fourth-order valence-electron chi connectivity index (χ4n) is 3.72. The highest BCUT2D eigenvalue weighted by Crippen LogP contribution is 2.42. The Morgan fingerprint density at radius 3 is 1.26 bits per heavy atom. The Labute approximate surface area is 167 Å². The molecule has 148 valence electrons. The van der Waals surface area contributed by atoms with E-state index in [0.717, 1.165) is 25.7 Å². The summed E-state index contributed by atoms with van der Waals surface area (Å²) in [6.45, 7) is 13.7. The van der Waals surface area contributed by atoms with Crippen molar-refractivity contribution in [1.29, 1.82) is 0 Å². The Morgan fingerprint density at radius 2 is 0.963 bits per heavy atom. The number of hydrogen-bond donors (Lipinski definition) is 0. The lowest BCUT2D eigenvalue weighted by Crippen LogP contribution is -2.38. The largest absolute Gasteiger partial charge is 0.360 e. The molecule has 0 heterocycles. The maximum absolute atomic E-state index is 7.10. The lowest BCUT2D eigenvalue weighted by molar-refractivity contribution is -0.162. The standard InChI is InChI=1S/C26H38O/c1-21(2)17-19-25(5,23-13-9-7-10-14-23)27-26(6,20-18-22(3)4)24-15-11-8-12-16-24/h7-16,21-22H,17-20H2,1-6H3. The monoisotopic (exact) mass is 366 g/mol. The second-order valence-electron chi connectivity index (χ2n) is 9.16. The van der Waals surface area contributed by atoms with Crippen LogP contribution in [0.4, 0.5) is 0 Å². The van der Waals surface area contributed by atoms with Crippen molar-refractivity contribution in [3.05, 3.63) is 71.8 Å². The van der Waals surface area contributed by atoms with Gasteiger partial charge in [0.2, 0.25) is 0 Å². The zero-order chi connectivity index (χ0) is 19.9. The molecule has 0 fully saturated rings. The molecule has 27 heavy (non-hydrogen) atoms. The Bertz CT molecular complexity index is 602. The zero-order valence-electron chi connectivity index (χ0n) is 18.2. The van der Waals surface area contributed by atoms with E-state index in [1.807, 2.05) is 0 Å². The average molecular weight is 367 g/mol. The van der Waals surface area contributed by atoms with Crippen LogP contribution in [-0.4, -0.2) is 0 Å². The average Bonchev–Trinajstić information content (AvgIpc) is 2.66. The SMILES string of the molecule is CC(C)CCC(C)(OC(C)(CCC(C)C)c1ccccc1)c1ccccc1. The molecule has 0 amide bonds. The molecule has 0 spiro atoms. The van der Waals surface area contributed by atoms with Crippen LogP contribution in [0, 0.1) is 11.8 Å². The van der Waals surface area contributed by atoms with E-state index in [4.69, 9.17) is 4.74 Å². The lowest BCUT2D eigenvalue weighted by Gasteiger charge is -2.42. The first-order valence-electron chi connectivity index (χ1n) is 10.6. The van der Waals surface area contributed by atoms with Crippen LogP contribution >= 0.6 is 0 Å². The molecule has 1 nitrogen and oxygen atoms in total. The maximum atomic E-state index is 7.10. The van der Waals surface area contributed by atoms with Crippen molar-refractivity contribution in [1.82, 2.24) is 0 Å². The van der Waals surface area contributed by atoms with Gasteiger partial charge in [-0.25, -0.2) is 0 Å². The molecule has 2 rings (SSSR count). The van der Waals surface area contributed by atoms with E-state index < -0.39 is 0 Å². The molecular weight excluding hydrogens is 328 g/mol. The third kappa shape index (κ3) is 6.21. The van der Waals surface area contributed by atoms with Gasteiger partial charge >= 0.3 is 0 Å². The molecule has 0 aliphatic carbocycles. The van der Waals surface area contributed by atoms with Crippen LogP contribution in [0.1, 0.15) is 78.4 Å². The molecule has 0 aromatic heterocycles. The highest BCUT2D eigenvalue weighted by molar-refractivity contribution is 5.25. The van der Waals surface area contributed by atoms with Crippen LogP contribution in [0.3, 0.4) is 0 Å². The summed E-state index contributed by atoms with van der Waals surface area (Å²) in [5.41, 5.74) is 1.95. The molecule has 0 aliphatic heterocycles. The smallest absolute Gasteiger partial charge is 0.0915 e. The summed E-state index contributed by atoms with van der Waals surface area (Å²) in [5, 5.41) is 0. The van der Waals surface area contributed by atoms with Crippen LogP contribution < -0.4 is 0 Å². The van der Waals surface area contributed by atoms with Crippen molar-refractivity contribution in [2.24, 2.45) is 11.8 Å². The van der Waals surface area contributed by atoms with Crippen molar-refractivity contribution in [3.63, 3.8) is 0 Å². The number of benzene rings is 2. The highest BCUT2D eigenvalue weighted by Gasteiger charge is 2.38. The Hall–Kier alpha value is -1.60. The van der Waals surface area contributed by atoms with Gasteiger partial charge in [0.1, 0.15) is 0 Å². The van der Waals surface area contributed by atoms with E-state index in [2.05, 4.69) is 102 Å². The second kappa shape index (κ2) is 9.55. The van der Waals surface area contributed by atoms with Gasteiger partial charge in [0.15, 0.2) is 0 Å². The van der Waals surface area contributed by atoms with E-state index in [1.54, 1.807) is 0 Å². The summed E-state index contributed by atoms with van der Waals surface area (Å²) in [5.74, 6) is 1.32. The predicted molar refractivity (Wildman–Crippen MR) is 117 cm³/mol. The van der Waals surface area contributed by atoms with Crippen molar-refractivity contribution in [3.8, 4) is 0 Å². The Balaban J connectivity index is 2.39. The van der Waals surface area contributed by atoms with Gasteiger partial charge in [-0.05, 0) is 62.5 Å². The fraction of sp³-hybridized carbons (Fsp3) is 0.538. The molecule has 2 atom stereocenters. The van der Waals surface area contributed by atoms with E-state index in [0.29, 0.717) is 11.8 Å². The quantitative estimate of drug-likeness (QED) is 0.418.